The van der Waals surface area contributed by atoms with Crippen molar-refractivity contribution in [3.8, 4) is 11.1 Å². The number of hydrogen-bond donors (Lipinski definition) is 0. The van der Waals surface area contributed by atoms with Crippen molar-refractivity contribution in [2.75, 3.05) is 7.05 Å². The van der Waals surface area contributed by atoms with Crippen molar-refractivity contribution in [3.63, 3.8) is 0 Å². The summed E-state index contributed by atoms with van der Waals surface area (Å²) >= 11 is 0. The summed E-state index contributed by atoms with van der Waals surface area (Å²) < 4.78 is 5.28. The van der Waals surface area contributed by atoms with E-state index in [9.17, 15) is 9.59 Å². The maximum atomic E-state index is 11.9. The standard InChI is InChI=1S/C16H17NO3/c1-9-10(2)16(13-8-20-5-4-12(9)13)11-6-14(18)17(3)15(19)7-11/h4-5,8,11H,6-7H2,1-3H3. The van der Waals surface area contributed by atoms with Crippen molar-refractivity contribution < 1.29 is 14.0 Å². The van der Waals surface area contributed by atoms with E-state index >= 15 is 0 Å². The number of amides is 2. The number of carbonyl (C=O) groups is 2. The van der Waals surface area contributed by atoms with E-state index in [0.29, 0.717) is 12.8 Å². The van der Waals surface area contributed by atoms with Gasteiger partial charge in [0.1, 0.15) is 0 Å². The number of nitrogens with zero attached hydrogens (tertiary/aromatic N) is 1. The Kier molecular flexibility index (Phi) is 2.89. The number of piperidine rings is 1. The van der Waals surface area contributed by atoms with E-state index in [-0.39, 0.29) is 17.7 Å². The number of hydrogen-bond acceptors (Lipinski definition) is 3. The van der Waals surface area contributed by atoms with Gasteiger partial charge in [-0.25, -0.2) is 0 Å². The topological polar surface area (TPSA) is 50.5 Å². The summed E-state index contributed by atoms with van der Waals surface area (Å²) in [7, 11) is 1.55. The molecule has 1 aliphatic carbocycles. The molecule has 1 saturated heterocycles. The van der Waals surface area contributed by atoms with Crippen LogP contribution in [0, 0.1) is 13.8 Å². The van der Waals surface area contributed by atoms with Gasteiger partial charge in [-0.2, -0.15) is 0 Å². The van der Waals surface area contributed by atoms with Crippen molar-refractivity contribution in [3.05, 3.63) is 35.3 Å². The number of likely N-dealkylation sites (tertiary alicyclic amines) is 1. The van der Waals surface area contributed by atoms with Crippen molar-refractivity contribution in [2.45, 2.75) is 32.6 Å². The first-order valence-corrected chi connectivity index (χ1v) is 6.75. The Bertz CT molecular complexity index is 653. The monoisotopic (exact) mass is 271 g/mol. The molecule has 0 aromatic carbocycles. The van der Waals surface area contributed by atoms with Gasteiger partial charge >= 0.3 is 0 Å². The minimum Gasteiger partial charge on any atom is -0.472 e. The van der Waals surface area contributed by atoms with Crippen LogP contribution >= 0.6 is 0 Å². The Hall–Kier alpha value is -2.10. The minimum atomic E-state index is -0.106. The highest BCUT2D eigenvalue weighted by atomic mass is 16.3. The van der Waals surface area contributed by atoms with Gasteiger partial charge in [-0.1, -0.05) is 0 Å². The Labute approximate surface area is 117 Å². The van der Waals surface area contributed by atoms with Crippen LogP contribution < -0.4 is 0 Å². The zero-order valence-electron chi connectivity index (χ0n) is 11.9. The molecule has 0 saturated carbocycles. The second-order valence-electron chi connectivity index (χ2n) is 5.50. The summed E-state index contributed by atoms with van der Waals surface area (Å²) in [5.41, 5.74) is 5.62. The van der Waals surface area contributed by atoms with Crippen LogP contribution in [-0.4, -0.2) is 23.8 Å². The molecule has 0 atom stereocenters. The zero-order valence-corrected chi connectivity index (χ0v) is 11.9. The number of carbonyl (C=O) groups excluding carboxylic acids is 2. The first-order valence-electron chi connectivity index (χ1n) is 6.75. The molecule has 0 aromatic heterocycles. The molecule has 0 N–H and O–H groups in total. The fourth-order valence-corrected chi connectivity index (χ4v) is 3.15. The molecule has 4 nitrogen and oxygen atoms in total. The van der Waals surface area contributed by atoms with Gasteiger partial charge in [0.05, 0.1) is 12.5 Å². The summed E-state index contributed by atoms with van der Waals surface area (Å²) in [4.78, 5) is 25.1. The van der Waals surface area contributed by atoms with Crippen LogP contribution in [0.2, 0.25) is 0 Å². The molecule has 0 bridgehead atoms. The molecule has 3 aliphatic rings. The van der Waals surface area contributed by atoms with E-state index in [1.165, 1.54) is 10.5 Å². The van der Waals surface area contributed by atoms with Crippen LogP contribution in [-0.2, 0) is 9.59 Å². The molecule has 20 heavy (non-hydrogen) atoms. The predicted octanol–water partition coefficient (Wildman–Crippen LogP) is 2.86. The van der Waals surface area contributed by atoms with Gasteiger partial charge in [-0.15, -0.1) is 0 Å². The molecule has 0 radical (unpaired) electrons. The average Bonchev–Trinajstić information content (AvgIpc) is 2.68. The second kappa shape index (κ2) is 4.47. The van der Waals surface area contributed by atoms with Gasteiger partial charge in [0, 0.05) is 31.4 Å². The van der Waals surface area contributed by atoms with Gasteiger partial charge < -0.3 is 4.42 Å². The van der Waals surface area contributed by atoms with Crippen LogP contribution in [0.15, 0.2) is 23.0 Å². The van der Waals surface area contributed by atoms with Crippen molar-refractivity contribution in [1.82, 2.24) is 4.90 Å². The highest BCUT2D eigenvalue weighted by Gasteiger charge is 2.34. The maximum Gasteiger partial charge on any atom is 0.229 e. The van der Waals surface area contributed by atoms with Crippen LogP contribution in [0.1, 0.15) is 35.4 Å². The molecule has 0 spiro atoms. The molecule has 1 fully saturated rings. The molecule has 2 heterocycles. The third kappa shape index (κ3) is 1.75. The fraction of sp³-hybridized carbons (Fsp3) is 0.375. The number of imide groups is 1. The molecule has 4 heteroatoms. The largest absolute Gasteiger partial charge is 0.472 e. The second-order valence-corrected chi connectivity index (χ2v) is 5.50. The van der Waals surface area contributed by atoms with Crippen LogP contribution in [0.5, 0.6) is 0 Å². The van der Waals surface area contributed by atoms with Gasteiger partial charge in [-0.3, -0.25) is 14.5 Å². The van der Waals surface area contributed by atoms with Gasteiger partial charge in [0.25, 0.3) is 0 Å². The van der Waals surface area contributed by atoms with Crippen molar-refractivity contribution in [1.29, 1.82) is 0 Å². The van der Waals surface area contributed by atoms with Gasteiger partial charge in [-0.05, 0) is 42.2 Å². The third-order valence-corrected chi connectivity index (χ3v) is 4.45. The lowest BCUT2D eigenvalue weighted by molar-refractivity contribution is -0.146. The van der Waals surface area contributed by atoms with E-state index in [0.717, 1.165) is 22.3 Å². The quantitative estimate of drug-likeness (QED) is 0.749. The van der Waals surface area contributed by atoms with Gasteiger partial charge in [0.15, 0.2) is 0 Å². The Morgan fingerprint density at radius 1 is 1.10 bits per heavy atom. The van der Waals surface area contributed by atoms with Crippen LogP contribution in [0.3, 0.4) is 0 Å². The summed E-state index contributed by atoms with van der Waals surface area (Å²) in [5, 5.41) is 0. The summed E-state index contributed by atoms with van der Waals surface area (Å²) in [6, 6.07) is 1.94. The summed E-state index contributed by atoms with van der Waals surface area (Å²) in [6.45, 7) is 4.12. The smallest absolute Gasteiger partial charge is 0.229 e. The Balaban J connectivity index is 2.10. The highest BCUT2D eigenvalue weighted by Crippen LogP contribution is 2.43. The van der Waals surface area contributed by atoms with Crippen LogP contribution in [0.4, 0.5) is 0 Å². The molecule has 2 amide bonds. The fourth-order valence-electron chi connectivity index (χ4n) is 3.15. The third-order valence-electron chi connectivity index (χ3n) is 4.45. The zero-order chi connectivity index (χ0) is 14.4. The Morgan fingerprint density at radius 3 is 2.40 bits per heavy atom. The molecule has 2 aliphatic heterocycles. The van der Waals surface area contributed by atoms with E-state index in [2.05, 4.69) is 13.8 Å². The molecule has 3 rings (SSSR count). The number of fused-ring (bicyclic) bond motifs is 1. The van der Waals surface area contributed by atoms with E-state index < -0.39 is 0 Å². The highest BCUT2D eigenvalue weighted by molar-refractivity contribution is 5.99. The molecule has 104 valence electrons. The molecular formula is C16H17NO3. The molecule has 0 unspecified atom stereocenters. The first kappa shape index (κ1) is 12.9. The maximum absolute atomic E-state index is 11.9. The lowest BCUT2D eigenvalue weighted by Gasteiger charge is -2.28. The summed E-state index contributed by atoms with van der Waals surface area (Å²) in [6.07, 6.45) is 4.15. The van der Waals surface area contributed by atoms with E-state index in [4.69, 9.17) is 4.42 Å². The number of rotatable bonds is 1. The lowest BCUT2D eigenvalue weighted by atomic mass is 9.86. The normalized spacial score (nSPS) is 17.2. The molecule has 0 aromatic rings. The average molecular weight is 271 g/mol. The van der Waals surface area contributed by atoms with E-state index in [1.54, 1.807) is 19.6 Å². The molecular weight excluding hydrogens is 254 g/mol. The summed E-state index contributed by atoms with van der Waals surface area (Å²) in [5.74, 6) is -0.254. The predicted molar refractivity (Wildman–Crippen MR) is 74.6 cm³/mol. The van der Waals surface area contributed by atoms with Crippen molar-refractivity contribution in [2.24, 2.45) is 0 Å². The van der Waals surface area contributed by atoms with Gasteiger partial charge in [0.2, 0.25) is 11.8 Å². The minimum absolute atomic E-state index is 0.0417. The first-order chi connectivity index (χ1) is 9.50. The Morgan fingerprint density at radius 2 is 1.75 bits per heavy atom. The van der Waals surface area contributed by atoms with Crippen LogP contribution in [0.25, 0.3) is 11.1 Å². The van der Waals surface area contributed by atoms with E-state index in [1.807, 2.05) is 6.07 Å². The SMILES string of the molecule is Cc1c2ccocc-2c(C2CC(=O)N(C)C(=O)C2)c1C. The van der Waals surface area contributed by atoms with Crippen molar-refractivity contribution >= 4 is 11.8 Å². The lowest BCUT2D eigenvalue weighted by Crippen LogP contribution is -2.39.